The summed E-state index contributed by atoms with van der Waals surface area (Å²) in [6, 6.07) is 8.86. The second-order valence-electron chi connectivity index (χ2n) is 8.05. The molecule has 3 aromatic rings. The molecule has 0 radical (unpaired) electrons. The van der Waals surface area contributed by atoms with Gasteiger partial charge in [0.25, 0.3) is 15.7 Å². The van der Waals surface area contributed by atoms with E-state index in [-0.39, 0.29) is 33.5 Å². The Labute approximate surface area is 188 Å². The Morgan fingerprint density at radius 2 is 1.88 bits per heavy atom. The molecule has 9 nitrogen and oxygen atoms in total. The number of rotatable bonds is 7. The Balaban J connectivity index is 1.65. The van der Waals surface area contributed by atoms with Crippen LogP contribution in [0.3, 0.4) is 0 Å². The van der Waals surface area contributed by atoms with Crippen molar-refractivity contribution in [1.29, 1.82) is 0 Å². The number of alkyl halides is 2. The molecule has 1 N–H and O–H groups in total. The van der Waals surface area contributed by atoms with Crippen molar-refractivity contribution in [3.63, 3.8) is 0 Å². The molecular formula is C21H22F2N4O5S. The van der Waals surface area contributed by atoms with Gasteiger partial charge in [0, 0.05) is 38.8 Å². The van der Waals surface area contributed by atoms with Crippen LogP contribution in [0.15, 0.2) is 47.4 Å². The van der Waals surface area contributed by atoms with Gasteiger partial charge < -0.3 is 9.30 Å². The van der Waals surface area contributed by atoms with Crippen LogP contribution in [-0.2, 0) is 27.2 Å². The third-order valence-electron chi connectivity index (χ3n) is 5.53. The van der Waals surface area contributed by atoms with Crippen LogP contribution in [-0.4, -0.2) is 36.1 Å². The van der Waals surface area contributed by atoms with E-state index in [1.54, 1.807) is 6.07 Å². The number of ether oxygens (including phenoxy) is 1. The highest BCUT2D eigenvalue weighted by Gasteiger charge is 2.33. The smallest absolute Gasteiger partial charge is 0.302 e. The predicted octanol–water partition coefficient (Wildman–Crippen LogP) is 4.28. The summed E-state index contributed by atoms with van der Waals surface area (Å²) < 4.78 is 63.2. The molecule has 0 unspecified atom stereocenters. The highest BCUT2D eigenvalue weighted by Crippen LogP contribution is 2.33. The van der Waals surface area contributed by atoms with Crippen molar-refractivity contribution in [1.82, 2.24) is 9.55 Å². The number of halogens is 2. The van der Waals surface area contributed by atoms with E-state index >= 15 is 0 Å². The molecule has 0 saturated carbocycles. The van der Waals surface area contributed by atoms with E-state index in [1.165, 1.54) is 16.7 Å². The van der Waals surface area contributed by atoms with Crippen molar-refractivity contribution < 1.29 is 26.9 Å². The second-order valence-corrected chi connectivity index (χ2v) is 9.73. The molecule has 1 aliphatic heterocycles. The second kappa shape index (κ2) is 8.67. The van der Waals surface area contributed by atoms with Crippen LogP contribution in [0.2, 0.25) is 0 Å². The molecule has 0 amide bonds. The largest absolute Gasteiger partial charge is 0.381 e. The topological polar surface area (TPSA) is 116 Å². The quantitative estimate of drug-likeness (QED) is 0.398. The number of fused-ring (bicyclic) bond motifs is 1. The van der Waals surface area contributed by atoms with E-state index in [4.69, 9.17) is 4.74 Å². The molecule has 0 spiro atoms. The summed E-state index contributed by atoms with van der Waals surface area (Å²) in [6.07, 6.45) is 1.53. The lowest BCUT2D eigenvalue weighted by molar-refractivity contribution is -0.384. The average molecular weight is 480 g/mol. The van der Waals surface area contributed by atoms with Gasteiger partial charge in [0.1, 0.15) is 0 Å². The lowest BCUT2D eigenvalue weighted by atomic mass is 10.00. The first kappa shape index (κ1) is 23.1. The summed E-state index contributed by atoms with van der Waals surface area (Å²) in [5, 5.41) is 10.8. The monoisotopic (exact) mass is 480 g/mol. The summed E-state index contributed by atoms with van der Waals surface area (Å²) in [5.74, 6) is -3.38. The number of benzene rings is 2. The number of nitro benzene ring substituents is 1. The number of sulfonamides is 1. The van der Waals surface area contributed by atoms with Gasteiger partial charge in [-0.1, -0.05) is 0 Å². The van der Waals surface area contributed by atoms with Gasteiger partial charge in [0.2, 0.25) is 0 Å². The van der Waals surface area contributed by atoms with Crippen molar-refractivity contribution in [3.8, 4) is 0 Å². The van der Waals surface area contributed by atoms with Crippen LogP contribution in [0, 0.1) is 16.0 Å². The number of nitrogens with one attached hydrogen (secondary N) is 1. The van der Waals surface area contributed by atoms with Crippen LogP contribution in [0.1, 0.15) is 25.6 Å². The number of nitro groups is 1. The van der Waals surface area contributed by atoms with Gasteiger partial charge in [-0.15, -0.1) is 0 Å². The minimum absolute atomic E-state index is 0.141. The van der Waals surface area contributed by atoms with Crippen LogP contribution < -0.4 is 4.72 Å². The molecule has 0 bridgehead atoms. The van der Waals surface area contributed by atoms with E-state index in [0.717, 1.165) is 44.0 Å². The number of hydrogen-bond acceptors (Lipinski definition) is 6. The Kier molecular flexibility index (Phi) is 6.06. The zero-order chi connectivity index (χ0) is 23.8. The Hall–Kier alpha value is -3.12. The van der Waals surface area contributed by atoms with Gasteiger partial charge in [-0.3, -0.25) is 14.8 Å². The number of anilines is 1. The first-order chi connectivity index (χ1) is 15.5. The van der Waals surface area contributed by atoms with Crippen molar-refractivity contribution in [3.05, 3.63) is 58.4 Å². The molecule has 176 valence electrons. The zero-order valence-electron chi connectivity index (χ0n) is 17.7. The lowest BCUT2D eigenvalue weighted by Gasteiger charge is -2.24. The van der Waals surface area contributed by atoms with E-state index in [1.807, 2.05) is 0 Å². The minimum atomic E-state index is -4.05. The molecule has 1 saturated heterocycles. The van der Waals surface area contributed by atoms with E-state index in [9.17, 15) is 27.3 Å². The van der Waals surface area contributed by atoms with Gasteiger partial charge in [0.15, 0.2) is 5.82 Å². The third-order valence-corrected chi connectivity index (χ3v) is 6.93. The molecule has 2 aromatic carbocycles. The van der Waals surface area contributed by atoms with Crippen LogP contribution in [0.4, 0.5) is 20.2 Å². The van der Waals surface area contributed by atoms with Crippen molar-refractivity contribution >= 4 is 32.4 Å². The Bertz CT molecular complexity index is 1280. The highest BCUT2D eigenvalue weighted by atomic mass is 32.2. The van der Waals surface area contributed by atoms with Gasteiger partial charge >= 0.3 is 5.92 Å². The number of hydrogen-bond donors (Lipinski definition) is 1. The maximum atomic E-state index is 14.3. The standard InChI is InChI=1S/C21H22F2N4O5S/c1-21(22,23)20-24-18-12-15(2-7-19(18)26(20)13-14-8-10-32-11-9-14)25-33(30,31)17-5-3-16(4-6-17)27(28)29/h2-7,12,14,25H,8-11,13H2,1H3. The van der Waals surface area contributed by atoms with E-state index < -0.39 is 20.9 Å². The molecule has 1 aliphatic rings. The van der Waals surface area contributed by atoms with Crippen molar-refractivity contribution in [2.45, 2.75) is 37.1 Å². The normalized spacial score (nSPS) is 15.6. The molecule has 1 aromatic heterocycles. The fourth-order valence-electron chi connectivity index (χ4n) is 3.86. The van der Waals surface area contributed by atoms with Crippen molar-refractivity contribution in [2.75, 3.05) is 17.9 Å². The first-order valence-corrected chi connectivity index (χ1v) is 11.8. The molecule has 12 heteroatoms. The van der Waals surface area contributed by atoms with Gasteiger partial charge in [-0.05, 0) is 49.1 Å². The summed E-state index contributed by atoms with van der Waals surface area (Å²) in [4.78, 5) is 14.1. The Morgan fingerprint density at radius 1 is 1.21 bits per heavy atom. The minimum Gasteiger partial charge on any atom is -0.381 e. The molecule has 33 heavy (non-hydrogen) atoms. The van der Waals surface area contributed by atoms with Crippen LogP contribution >= 0.6 is 0 Å². The van der Waals surface area contributed by atoms with Crippen LogP contribution in [0.25, 0.3) is 11.0 Å². The zero-order valence-corrected chi connectivity index (χ0v) is 18.5. The maximum Gasteiger partial charge on any atom is 0.302 e. The summed E-state index contributed by atoms with van der Waals surface area (Å²) in [5.41, 5.74) is 0.625. The molecule has 0 atom stereocenters. The lowest BCUT2D eigenvalue weighted by Crippen LogP contribution is -2.24. The van der Waals surface area contributed by atoms with E-state index in [0.29, 0.717) is 25.3 Å². The summed E-state index contributed by atoms with van der Waals surface area (Å²) >= 11 is 0. The van der Waals surface area contributed by atoms with Gasteiger partial charge in [-0.2, -0.15) is 8.78 Å². The SMILES string of the molecule is CC(F)(F)c1nc2cc(NS(=O)(=O)c3ccc([N+](=O)[O-])cc3)ccc2n1CC1CCOCC1. The number of imidazole rings is 1. The highest BCUT2D eigenvalue weighted by molar-refractivity contribution is 7.92. The average Bonchev–Trinajstić information content (AvgIpc) is 3.12. The van der Waals surface area contributed by atoms with E-state index in [2.05, 4.69) is 9.71 Å². The number of non-ortho nitro benzene ring substituents is 1. The third kappa shape index (κ3) is 4.96. The summed E-state index contributed by atoms with van der Waals surface area (Å²) in [7, 11) is -4.05. The molecule has 2 heterocycles. The molecule has 1 fully saturated rings. The van der Waals surface area contributed by atoms with Gasteiger partial charge in [0.05, 0.1) is 26.5 Å². The first-order valence-electron chi connectivity index (χ1n) is 10.3. The van der Waals surface area contributed by atoms with Gasteiger partial charge in [-0.25, -0.2) is 13.4 Å². The fraction of sp³-hybridized carbons (Fsp3) is 0.381. The van der Waals surface area contributed by atoms with Crippen LogP contribution in [0.5, 0.6) is 0 Å². The predicted molar refractivity (Wildman–Crippen MR) is 117 cm³/mol. The maximum absolute atomic E-state index is 14.3. The number of nitrogens with zero attached hydrogens (tertiary/aromatic N) is 3. The number of aromatic nitrogens is 2. The fourth-order valence-corrected chi connectivity index (χ4v) is 4.91. The molecule has 0 aliphatic carbocycles. The molecule has 4 rings (SSSR count). The molecular weight excluding hydrogens is 458 g/mol. The Morgan fingerprint density at radius 3 is 2.48 bits per heavy atom. The summed E-state index contributed by atoms with van der Waals surface area (Å²) in [6.45, 7) is 2.33. The van der Waals surface area contributed by atoms with Crippen molar-refractivity contribution in [2.24, 2.45) is 5.92 Å².